The topological polar surface area (TPSA) is 54.4 Å². The molecule has 0 saturated carbocycles. The van der Waals surface area contributed by atoms with Gasteiger partial charge in [0, 0.05) is 16.0 Å². The minimum atomic E-state index is -0.291. The molecule has 0 spiro atoms. The molecule has 0 fully saturated rings. The molecule has 0 saturated heterocycles. The summed E-state index contributed by atoms with van der Waals surface area (Å²) in [5, 5.41) is 5.50. The van der Waals surface area contributed by atoms with Gasteiger partial charge in [-0.05, 0) is 29.8 Å². The Morgan fingerprint density at radius 2 is 1.64 bits per heavy atom. The first-order valence-corrected chi connectivity index (χ1v) is 9.13. The number of hydrogen-bond donors (Lipinski definition) is 1. The van der Waals surface area contributed by atoms with Gasteiger partial charge in [0.1, 0.15) is 0 Å². The van der Waals surface area contributed by atoms with Crippen LogP contribution in [0.15, 0.2) is 90.0 Å². The third-order valence-corrected chi connectivity index (χ3v) is 4.53. The van der Waals surface area contributed by atoms with E-state index in [1.54, 1.807) is 24.4 Å². The summed E-state index contributed by atoms with van der Waals surface area (Å²) in [7, 11) is 0. The lowest BCUT2D eigenvalue weighted by atomic mass is 10.0. The molecule has 3 aromatic carbocycles. The van der Waals surface area contributed by atoms with Gasteiger partial charge in [0.15, 0.2) is 0 Å². The fraction of sp³-hybridized carbons (Fsp3) is 0. The number of carbonyl (C=O) groups is 1. The number of hydrogen-bond acceptors (Lipinski definition) is 3. The second-order valence-corrected chi connectivity index (χ2v) is 6.63. The smallest absolute Gasteiger partial charge is 0.267 e. The van der Waals surface area contributed by atoms with Crippen LogP contribution < -0.4 is 5.43 Å². The number of fused-ring (bicyclic) bond motifs is 1. The Morgan fingerprint density at radius 1 is 0.929 bits per heavy atom. The first kappa shape index (κ1) is 17.9. The fourth-order valence-corrected chi connectivity index (χ4v) is 3.02. The molecule has 136 valence electrons. The number of carbonyl (C=O) groups excluding carboxylic acids is 1. The Morgan fingerprint density at radius 3 is 2.43 bits per heavy atom. The molecule has 1 N–H and O–H groups in total. The zero-order chi connectivity index (χ0) is 19.3. The van der Waals surface area contributed by atoms with Crippen LogP contribution in [0.25, 0.3) is 22.2 Å². The summed E-state index contributed by atoms with van der Waals surface area (Å²) in [5.41, 5.74) is 6.42. The van der Waals surface area contributed by atoms with Gasteiger partial charge >= 0.3 is 0 Å². The van der Waals surface area contributed by atoms with Crippen molar-refractivity contribution in [2.75, 3.05) is 0 Å². The van der Waals surface area contributed by atoms with E-state index in [0.717, 1.165) is 27.7 Å². The van der Waals surface area contributed by atoms with E-state index in [1.165, 1.54) is 0 Å². The summed E-state index contributed by atoms with van der Waals surface area (Å²) in [6, 6.07) is 26.4. The van der Waals surface area contributed by atoms with Crippen LogP contribution in [0, 0.1) is 0 Å². The third-order valence-electron chi connectivity index (χ3n) is 4.28. The van der Waals surface area contributed by atoms with Crippen LogP contribution in [0.3, 0.4) is 0 Å². The van der Waals surface area contributed by atoms with Crippen molar-refractivity contribution in [3.8, 4) is 11.3 Å². The van der Waals surface area contributed by atoms with Crippen LogP contribution in [0.2, 0.25) is 5.02 Å². The van der Waals surface area contributed by atoms with Crippen LogP contribution >= 0.6 is 11.6 Å². The van der Waals surface area contributed by atoms with Crippen molar-refractivity contribution < 1.29 is 4.79 Å². The Balaban J connectivity index is 1.66. The predicted octanol–water partition coefficient (Wildman–Crippen LogP) is 5.32. The summed E-state index contributed by atoms with van der Waals surface area (Å²) in [4.78, 5) is 17.5. The van der Waals surface area contributed by atoms with Crippen LogP contribution in [-0.4, -0.2) is 17.1 Å². The molecule has 0 aliphatic heterocycles. The lowest BCUT2D eigenvalue weighted by Gasteiger charge is -2.09. The van der Waals surface area contributed by atoms with E-state index in [4.69, 9.17) is 16.6 Å². The summed E-state index contributed by atoms with van der Waals surface area (Å²) in [6.45, 7) is 0. The first-order valence-electron chi connectivity index (χ1n) is 8.75. The number of hydrazone groups is 1. The number of halogens is 1. The highest BCUT2D eigenvalue weighted by Crippen LogP contribution is 2.24. The molecule has 5 heteroatoms. The maximum atomic E-state index is 12.8. The molecule has 4 rings (SSSR count). The quantitative estimate of drug-likeness (QED) is 0.382. The van der Waals surface area contributed by atoms with Crippen molar-refractivity contribution in [1.29, 1.82) is 0 Å². The van der Waals surface area contributed by atoms with Crippen LogP contribution in [0.5, 0.6) is 0 Å². The molecule has 1 amide bonds. The first-order chi connectivity index (χ1) is 13.7. The highest BCUT2D eigenvalue weighted by atomic mass is 35.5. The molecule has 0 radical (unpaired) electrons. The minimum absolute atomic E-state index is 0.291. The van der Waals surface area contributed by atoms with Gasteiger partial charge in [-0.15, -0.1) is 0 Å². The third kappa shape index (κ3) is 3.92. The highest BCUT2D eigenvalue weighted by Gasteiger charge is 2.13. The van der Waals surface area contributed by atoms with E-state index in [0.29, 0.717) is 10.6 Å². The van der Waals surface area contributed by atoms with Crippen LogP contribution in [-0.2, 0) is 0 Å². The molecular formula is C23H16ClN3O. The Hall–Kier alpha value is -3.50. The van der Waals surface area contributed by atoms with E-state index in [-0.39, 0.29) is 5.91 Å². The van der Waals surface area contributed by atoms with Gasteiger partial charge in [-0.2, -0.15) is 5.10 Å². The maximum absolute atomic E-state index is 12.8. The van der Waals surface area contributed by atoms with Crippen molar-refractivity contribution in [2.24, 2.45) is 5.10 Å². The van der Waals surface area contributed by atoms with Crippen molar-refractivity contribution in [2.45, 2.75) is 0 Å². The number of benzene rings is 3. The monoisotopic (exact) mass is 385 g/mol. The fourth-order valence-electron chi connectivity index (χ4n) is 2.89. The lowest BCUT2D eigenvalue weighted by molar-refractivity contribution is 0.0957. The average molecular weight is 386 g/mol. The highest BCUT2D eigenvalue weighted by molar-refractivity contribution is 6.30. The van der Waals surface area contributed by atoms with Crippen LogP contribution in [0.1, 0.15) is 15.9 Å². The van der Waals surface area contributed by atoms with Crippen molar-refractivity contribution in [3.63, 3.8) is 0 Å². The zero-order valence-corrected chi connectivity index (χ0v) is 15.6. The van der Waals surface area contributed by atoms with E-state index < -0.39 is 0 Å². The zero-order valence-electron chi connectivity index (χ0n) is 14.8. The second kappa shape index (κ2) is 8.03. The van der Waals surface area contributed by atoms with Crippen molar-refractivity contribution >= 4 is 34.6 Å². The Bertz CT molecular complexity index is 1160. The molecular weight excluding hydrogens is 370 g/mol. The van der Waals surface area contributed by atoms with Gasteiger partial charge in [0.2, 0.25) is 0 Å². The summed E-state index contributed by atoms with van der Waals surface area (Å²) in [5.74, 6) is -0.291. The number of amides is 1. The maximum Gasteiger partial charge on any atom is 0.272 e. The number of aromatic nitrogens is 1. The number of nitrogens with one attached hydrogen (secondary N) is 1. The number of para-hydroxylation sites is 1. The number of rotatable bonds is 4. The SMILES string of the molecule is O=C(NN=Cc1ccc(Cl)cc1)c1cc(-c2ccccc2)nc2ccccc12. The standard InChI is InChI=1S/C23H16ClN3O/c24-18-12-10-16(11-13-18)15-25-27-23(28)20-14-22(17-6-2-1-3-7-17)26-21-9-5-4-8-19(20)21/h1-15H,(H,27,28). The van der Waals surface area contributed by atoms with Gasteiger partial charge in [-0.3, -0.25) is 4.79 Å². The van der Waals surface area contributed by atoms with Gasteiger partial charge in [-0.1, -0.05) is 72.3 Å². The van der Waals surface area contributed by atoms with Gasteiger partial charge in [0.05, 0.1) is 23.0 Å². The summed E-state index contributed by atoms with van der Waals surface area (Å²) < 4.78 is 0. The van der Waals surface area contributed by atoms with Crippen LogP contribution in [0.4, 0.5) is 0 Å². The predicted molar refractivity (Wildman–Crippen MR) is 114 cm³/mol. The van der Waals surface area contributed by atoms with E-state index in [1.807, 2.05) is 66.7 Å². The molecule has 4 aromatic rings. The summed E-state index contributed by atoms with van der Waals surface area (Å²) in [6.07, 6.45) is 1.58. The molecule has 1 aromatic heterocycles. The largest absolute Gasteiger partial charge is 0.272 e. The lowest BCUT2D eigenvalue weighted by Crippen LogP contribution is -2.18. The molecule has 4 nitrogen and oxygen atoms in total. The molecule has 0 aliphatic rings. The molecule has 0 bridgehead atoms. The van der Waals surface area contributed by atoms with E-state index in [2.05, 4.69) is 10.5 Å². The molecule has 28 heavy (non-hydrogen) atoms. The van der Waals surface area contributed by atoms with Crippen molar-refractivity contribution in [3.05, 3.63) is 101 Å². The second-order valence-electron chi connectivity index (χ2n) is 6.19. The molecule has 0 aliphatic carbocycles. The Labute approximate surface area is 167 Å². The van der Waals surface area contributed by atoms with Gasteiger partial charge < -0.3 is 0 Å². The minimum Gasteiger partial charge on any atom is -0.267 e. The molecule has 0 atom stereocenters. The van der Waals surface area contributed by atoms with Crippen molar-refractivity contribution in [1.82, 2.24) is 10.4 Å². The normalized spacial score (nSPS) is 11.0. The summed E-state index contributed by atoms with van der Waals surface area (Å²) >= 11 is 5.88. The van der Waals surface area contributed by atoms with E-state index in [9.17, 15) is 4.79 Å². The number of pyridine rings is 1. The Kier molecular flexibility index (Phi) is 5.13. The van der Waals surface area contributed by atoms with Gasteiger partial charge in [-0.25, -0.2) is 10.4 Å². The molecule has 1 heterocycles. The van der Waals surface area contributed by atoms with Gasteiger partial charge in [0.25, 0.3) is 5.91 Å². The number of nitrogens with zero attached hydrogens (tertiary/aromatic N) is 2. The van der Waals surface area contributed by atoms with E-state index >= 15 is 0 Å². The molecule has 0 unspecified atom stereocenters. The average Bonchev–Trinajstić information content (AvgIpc) is 2.75.